The molecule has 0 atom stereocenters. The van der Waals surface area contributed by atoms with Gasteiger partial charge in [0.05, 0.1) is 6.54 Å². The van der Waals surface area contributed by atoms with Crippen LogP contribution in [-0.4, -0.2) is 18.4 Å². The summed E-state index contributed by atoms with van der Waals surface area (Å²) in [6.07, 6.45) is 0. The molecule has 0 saturated heterocycles. The molecule has 15 heavy (non-hydrogen) atoms. The molecule has 1 aromatic rings. The molecule has 0 fully saturated rings. The van der Waals surface area contributed by atoms with Crippen molar-refractivity contribution in [3.8, 4) is 0 Å². The molecule has 2 amide bonds. The Labute approximate surface area is 99.9 Å². The molecule has 0 aliphatic carbocycles. The second-order valence-electron chi connectivity index (χ2n) is 2.81. The maximum atomic E-state index is 11.5. The molecule has 0 bridgehead atoms. The minimum absolute atomic E-state index is 0.192. The summed E-state index contributed by atoms with van der Waals surface area (Å²) in [6, 6.07) is 4.76. The molecule has 0 saturated carbocycles. The zero-order valence-corrected chi connectivity index (χ0v) is 9.93. The largest absolute Gasteiger partial charge is 0.368 e. The number of rotatable bonds is 3. The highest BCUT2D eigenvalue weighted by molar-refractivity contribution is 9.10. The number of nitrogens with two attached hydrogens (primary N) is 1. The van der Waals surface area contributed by atoms with E-state index in [0.717, 1.165) is 0 Å². The molecule has 0 aromatic heterocycles. The molecule has 0 aliphatic rings. The first-order valence-electron chi connectivity index (χ1n) is 4.01. The van der Waals surface area contributed by atoms with Gasteiger partial charge in [-0.25, -0.2) is 0 Å². The molecule has 0 heterocycles. The molecular weight excluding hydrogens is 283 g/mol. The standard InChI is InChI=1S/C9H8BrClN2O2/c10-6-1-5(2-7(11)3-6)9(15)13-4-8(12)14/h1-3H,4H2,(H2,12,14)(H,13,15). The minimum atomic E-state index is -0.593. The first-order valence-corrected chi connectivity index (χ1v) is 5.19. The highest BCUT2D eigenvalue weighted by Crippen LogP contribution is 2.19. The van der Waals surface area contributed by atoms with Crippen LogP contribution in [0.4, 0.5) is 0 Å². The molecule has 0 spiro atoms. The van der Waals surface area contributed by atoms with E-state index in [4.69, 9.17) is 17.3 Å². The van der Waals surface area contributed by atoms with Crippen LogP contribution >= 0.6 is 27.5 Å². The van der Waals surface area contributed by atoms with Crippen LogP contribution < -0.4 is 11.1 Å². The Morgan fingerprint density at radius 1 is 1.40 bits per heavy atom. The van der Waals surface area contributed by atoms with Crippen LogP contribution in [0.1, 0.15) is 10.4 Å². The van der Waals surface area contributed by atoms with Crippen molar-refractivity contribution in [3.05, 3.63) is 33.3 Å². The van der Waals surface area contributed by atoms with Crippen LogP contribution in [0.25, 0.3) is 0 Å². The number of carbonyl (C=O) groups excluding carboxylic acids is 2. The summed E-state index contributed by atoms with van der Waals surface area (Å²) in [5, 5.41) is 2.80. The maximum Gasteiger partial charge on any atom is 0.251 e. The van der Waals surface area contributed by atoms with Crippen molar-refractivity contribution >= 4 is 39.3 Å². The van der Waals surface area contributed by atoms with E-state index in [0.29, 0.717) is 15.1 Å². The van der Waals surface area contributed by atoms with Crippen molar-refractivity contribution < 1.29 is 9.59 Å². The summed E-state index contributed by atoms with van der Waals surface area (Å²) >= 11 is 8.96. The monoisotopic (exact) mass is 290 g/mol. The SMILES string of the molecule is NC(=O)CNC(=O)c1cc(Cl)cc(Br)c1. The molecule has 0 radical (unpaired) electrons. The van der Waals surface area contributed by atoms with Gasteiger partial charge in [-0.1, -0.05) is 27.5 Å². The highest BCUT2D eigenvalue weighted by Gasteiger charge is 2.07. The van der Waals surface area contributed by atoms with Crippen molar-refractivity contribution in [3.63, 3.8) is 0 Å². The van der Waals surface area contributed by atoms with Crippen LogP contribution in [0.3, 0.4) is 0 Å². The summed E-state index contributed by atoms with van der Waals surface area (Å²) < 4.78 is 0.694. The normalized spacial score (nSPS) is 9.73. The van der Waals surface area contributed by atoms with Crippen molar-refractivity contribution in [2.45, 2.75) is 0 Å². The van der Waals surface area contributed by atoms with E-state index in [2.05, 4.69) is 21.2 Å². The van der Waals surface area contributed by atoms with Gasteiger partial charge < -0.3 is 11.1 Å². The van der Waals surface area contributed by atoms with Crippen LogP contribution in [0.2, 0.25) is 5.02 Å². The lowest BCUT2D eigenvalue weighted by atomic mass is 10.2. The second-order valence-corrected chi connectivity index (χ2v) is 4.16. The highest BCUT2D eigenvalue weighted by atomic mass is 79.9. The lowest BCUT2D eigenvalue weighted by Crippen LogP contribution is -2.33. The number of hydrogen-bond donors (Lipinski definition) is 2. The Bertz CT molecular complexity index is 389. The third-order valence-electron chi connectivity index (χ3n) is 1.55. The van der Waals surface area contributed by atoms with Gasteiger partial charge in [0.2, 0.25) is 5.91 Å². The Morgan fingerprint density at radius 3 is 2.60 bits per heavy atom. The summed E-state index contributed by atoms with van der Waals surface area (Å²) in [4.78, 5) is 21.9. The first-order chi connectivity index (χ1) is 6.99. The average molecular weight is 292 g/mol. The molecule has 6 heteroatoms. The van der Waals surface area contributed by atoms with E-state index in [-0.39, 0.29) is 6.54 Å². The van der Waals surface area contributed by atoms with Crippen molar-refractivity contribution in [2.24, 2.45) is 5.73 Å². The fraction of sp³-hybridized carbons (Fsp3) is 0.111. The topological polar surface area (TPSA) is 72.2 Å². The van der Waals surface area contributed by atoms with E-state index in [1.165, 1.54) is 6.07 Å². The van der Waals surface area contributed by atoms with Crippen LogP contribution in [0, 0.1) is 0 Å². The van der Waals surface area contributed by atoms with E-state index < -0.39 is 11.8 Å². The third-order valence-corrected chi connectivity index (χ3v) is 2.22. The van der Waals surface area contributed by atoms with E-state index in [1.54, 1.807) is 12.1 Å². The first kappa shape index (κ1) is 12.0. The number of benzene rings is 1. The van der Waals surface area contributed by atoms with Gasteiger partial charge in [0.15, 0.2) is 0 Å². The number of amides is 2. The molecule has 3 N–H and O–H groups in total. The van der Waals surface area contributed by atoms with Crippen molar-refractivity contribution in [1.82, 2.24) is 5.32 Å². The fourth-order valence-corrected chi connectivity index (χ4v) is 1.81. The Balaban J connectivity index is 2.77. The second kappa shape index (κ2) is 5.14. The molecule has 0 unspecified atom stereocenters. The van der Waals surface area contributed by atoms with Gasteiger partial charge in [0.25, 0.3) is 5.91 Å². The number of hydrogen-bond acceptors (Lipinski definition) is 2. The Hall–Kier alpha value is -1.07. The van der Waals surface area contributed by atoms with Gasteiger partial charge in [0.1, 0.15) is 0 Å². The quantitative estimate of drug-likeness (QED) is 0.881. The van der Waals surface area contributed by atoms with E-state index >= 15 is 0 Å². The maximum absolute atomic E-state index is 11.5. The summed E-state index contributed by atoms with van der Waals surface area (Å²) in [5.74, 6) is -0.985. The van der Waals surface area contributed by atoms with Gasteiger partial charge in [0, 0.05) is 15.1 Å². The fourth-order valence-electron chi connectivity index (χ4n) is 0.954. The molecule has 1 rings (SSSR count). The van der Waals surface area contributed by atoms with Gasteiger partial charge in [-0.3, -0.25) is 9.59 Å². The zero-order chi connectivity index (χ0) is 11.4. The minimum Gasteiger partial charge on any atom is -0.368 e. The van der Waals surface area contributed by atoms with Crippen molar-refractivity contribution in [2.75, 3.05) is 6.54 Å². The molecule has 1 aromatic carbocycles. The molecular formula is C9H8BrClN2O2. The van der Waals surface area contributed by atoms with Crippen molar-refractivity contribution in [1.29, 1.82) is 0 Å². The molecule has 80 valence electrons. The summed E-state index contributed by atoms with van der Waals surface area (Å²) in [5.41, 5.74) is 5.26. The van der Waals surface area contributed by atoms with Gasteiger partial charge in [-0.2, -0.15) is 0 Å². The van der Waals surface area contributed by atoms with Gasteiger partial charge in [-0.15, -0.1) is 0 Å². The Kier molecular flexibility index (Phi) is 4.11. The van der Waals surface area contributed by atoms with Crippen LogP contribution in [-0.2, 0) is 4.79 Å². The van der Waals surface area contributed by atoms with Crippen LogP contribution in [0.15, 0.2) is 22.7 Å². The molecule has 4 nitrogen and oxygen atoms in total. The predicted octanol–water partition coefficient (Wildman–Crippen LogP) is 1.32. The number of halogens is 2. The van der Waals surface area contributed by atoms with Gasteiger partial charge in [-0.05, 0) is 18.2 Å². The zero-order valence-electron chi connectivity index (χ0n) is 7.59. The summed E-state index contributed by atoms with van der Waals surface area (Å²) in [7, 11) is 0. The Morgan fingerprint density at radius 2 is 2.07 bits per heavy atom. The lowest BCUT2D eigenvalue weighted by molar-refractivity contribution is -0.117. The number of nitrogens with one attached hydrogen (secondary N) is 1. The summed E-state index contributed by atoms with van der Waals surface area (Å²) in [6.45, 7) is -0.192. The van der Waals surface area contributed by atoms with Crippen LogP contribution in [0.5, 0.6) is 0 Å². The van der Waals surface area contributed by atoms with E-state index in [1.807, 2.05) is 0 Å². The van der Waals surface area contributed by atoms with Gasteiger partial charge >= 0.3 is 0 Å². The number of primary amides is 1. The predicted molar refractivity (Wildman–Crippen MR) is 60.7 cm³/mol. The molecule has 0 aliphatic heterocycles. The van der Waals surface area contributed by atoms with E-state index in [9.17, 15) is 9.59 Å². The number of carbonyl (C=O) groups is 2. The lowest BCUT2D eigenvalue weighted by Gasteiger charge is -2.03. The smallest absolute Gasteiger partial charge is 0.251 e. The average Bonchev–Trinajstić information content (AvgIpc) is 2.12. The third kappa shape index (κ3) is 3.89.